The highest BCUT2D eigenvalue weighted by atomic mass is 16.3. The van der Waals surface area contributed by atoms with Crippen molar-refractivity contribution in [3.05, 3.63) is 0 Å². The third-order valence-corrected chi connectivity index (χ3v) is 1.54. The van der Waals surface area contributed by atoms with Crippen molar-refractivity contribution in [2.24, 2.45) is 5.92 Å². The first-order chi connectivity index (χ1) is 5.52. The van der Waals surface area contributed by atoms with Gasteiger partial charge in [0.15, 0.2) is 0 Å². The van der Waals surface area contributed by atoms with Gasteiger partial charge in [0.2, 0.25) is 5.91 Å². The lowest BCUT2D eigenvalue weighted by Gasteiger charge is -2.07. The molecule has 0 aromatic rings. The summed E-state index contributed by atoms with van der Waals surface area (Å²) in [7, 11) is 0. The van der Waals surface area contributed by atoms with E-state index in [0.717, 1.165) is 6.42 Å². The standard InChI is InChI=1S/C9H19NO2/c1-7(2)4-5-9(12)10-6-8(3)11/h7-8,11H,4-6H2,1-3H3,(H,10,12). The van der Waals surface area contributed by atoms with E-state index in [2.05, 4.69) is 19.2 Å². The number of aliphatic hydroxyl groups excluding tert-OH is 1. The van der Waals surface area contributed by atoms with Crippen molar-refractivity contribution in [2.45, 2.75) is 39.7 Å². The molecule has 12 heavy (non-hydrogen) atoms. The van der Waals surface area contributed by atoms with Crippen molar-refractivity contribution in [1.82, 2.24) is 5.32 Å². The van der Waals surface area contributed by atoms with E-state index in [4.69, 9.17) is 5.11 Å². The van der Waals surface area contributed by atoms with Gasteiger partial charge in [-0.25, -0.2) is 0 Å². The second-order valence-electron chi connectivity index (χ2n) is 3.59. The maximum atomic E-state index is 11.0. The third-order valence-electron chi connectivity index (χ3n) is 1.54. The molecular weight excluding hydrogens is 154 g/mol. The van der Waals surface area contributed by atoms with Crippen LogP contribution >= 0.6 is 0 Å². The van der Waals surface area contributed by atoms with Crippen LogP contribution in [0.2, 0.25) is 0 Å². The first-order valence-electron chi connectivity index (χ1n) is 4.47. The van der Waals surface area contributed by atoms with Gasteiger partial charge in [0.05, 0.1) is 6.10 Å². The highest BCUT2D eigenvalue weighted by molar-refractivity contribution is 5.75. The molecule has 1 unspecified atom stereocenters. The summed E-state index contributed by atoms with van der Waals surface area (Å²) in [6.07, 6.45) is 1.02. The van der Waals surface area contributed by atoms with Crippen LogP contribution in [0.15, 0.2) is 0 Å². The molecule has 0 radical (unpaired) electrons. The molecule has 0 saturated heterocycles. The van der Waals surface area contributed by atoms with Crippen molar-refractivity contribution in [3.8, 4) is 0 Å². The Balaban J connectivity index is 3.34. The fourth-order valence-corrected chi connectivity index (χ4v) is 0.770. The number of carbonyl (C=O) groups excluding carboxylic acids is 1. The van der Waals surface area contributed by atoms with Gasteiger partial charge in [-0.3, -0.25) is 4.79 Å². The zero-order valence-corrected chi connectivity index (χ0v) is 8.13. The topological polar surface area (TPSA) is 49.3 Å². The largest absolute Gasteiger partial charge is 0.392 e. The van der Waals surface area contributed by atoms with Gasteiger partial charge in [-0.15, -0.1) is 0 Å². The van der Waals surface area contributed by atoms with Gasteiger partial charge in [-0.2, -0.15) is 0 Å². The summed E-state index contributed by atoms with van der Waals surface area (Å²) in [5, 5.41) is 11.5. The van der Waals surface area contributed by atoms with Gasteiger partial charge in [0.25, 0.3) is 0 Å². The Morgan fingerprint density at radius 3 is 2.42 bits per heavy atom. The van der Waals surface area contributed by atoms with Gasteiger partial charge in [0.1, 0.15) is 0 Å². The molecule has 0 heterocycles. The minimum absolute atomic E-state index is 0.0320. The second kappa shape index (κ2) is 6.00. The number of aliphatic hydroxyl groups is 1. The lowest BCUT2D eigenvalue weighted by atomic mass is 10.1. The van der Waals surface area contributed by atoms with Crippen molar-refractivity contribution >= 4 is 5.91 Å². The highest BCUT2D eigenvalue weighted by Crippen LogP contribution is 2.02. The fourth-order valence-electron chi connectivity index (χ4n) is 0.770. The summed E-state index contributed by atoms with van der Waals surface area (Å²) in [4.78, 5) is 11.0. The van der Waals surface area contributed by atoms with Gasteiger partial charge in [0, 0.05) is 13.0 Å². The van der Waals surface area contributed by atoms with Crippen LogP contribution in [0.25, 0.3) is 0 Å². The average Bonchev–Trinajstić information content (AvgIpc) is 1.96. The second-order valence-corrected chi connectivity index (χ2v) is 3.59. The van der Waals surface area contributed by atoms with Crippen LogP contribution in [0.1, 0.15) is 33.6 Å². The zero-order valence-electron chi connectivity index (χ0n) is 8.13. The molecule has 3 nitrogen and oxygen atoms in total. The number of nitrogens with one attached hydrogen (secondary N) is 1. The number of carbonyl (C=O) groups is 1. The molecule has 0 spiro atoms. The Hall–Kier alpha value is -0.570. The first-order valence-corrected chi connectivity index (χ1v) is 4.47. The van der Waals surface area contributed by atoms with Crippen molar-refractivity contribution in [2.75, 3.05) is 6.54 Å². The van der Waals surface area contributed by atoms with Crippen molar-refractivity contribution < 1.29 is 9.90 Å². The van der Waals surface area contributed by atoms with E-state index in [1.165, 1.54) is 0 Å². The van der Waals surface area contributed by atoms with E-state index in [1.54, 1.807) is 6.92 Å². The Kier molecular flexibility index (Phi) is 5.72. The number of hydrogen-bond donors (Lipinski definition) is 2. The molecule has 72 valence electrons. The predicted octanol–water partition coefficient (Wildman–Crippen LogP) is 0.920. The molecule has 2 N–H and O–H groups in total. The van der Waals surface area contributed by atoms with Crippen LogP contribution in [-0.2, 0) is 4.79 Å². The van der Waals surface area contributed by atoms with Crippen LogP contribution in [0.4, 0.5) is 0 Å². The van der Waals surface area contributed by atoms with Crippen LogP contribution in [0.5, 0.6) is 0 Å². The smallest absolute Gasteiger partial charge is 0.220 e. The summed E-state index contributed by atoms with van der Waals surface area (Å²) < 4.78 is 0. The van der Waals surface area contributed by atoms with Crippen LogP contribution in [-0.4, -0.2) is 23.7 Å². The average molecular weight is 173 g/mol. The van der Waals surface area contributed by atoms with Gasteiger partial charge in [-0.1, -0.05) is 13.8 Å². The molecule has 1 amide bonds. The molecular formula is C9H19NO2. The lowest BCUT2D eigenvalue weighted by Crippen LogP contribution is -2.30. The van der Waals surface area contributed by atoms with Crippen LogP contribution in [0.3, 0.4) is 0 Å². The number of hydrogen-bond acceptors (Lipinski definition) is 2. The Labute approximate surface area is 74.2 Å². The van der Waals surface area contributed by atoms with E-state index in [9.17, 15) is 4.79 Å². The van der Waals surface area contributed by atoms with Crippen LogP contribution in [0, 0.1) is 5.92 Å². The zero-order chi connectivity index (χ0) is 9.56. The van der Waals surface area contributed by atoms with E-state index in [0.29, 0.717) is 18.9 Å². The Bertz CT molecular complexity index is 118. The minimum Gasteiger partial charge on any atom is -0.392 e. The van der Waals surface area contributed by atoms with E-state index in [1.807, 2.05) is 0 Å². The molecule has 1 atom stereocenters. The highest BCUT2D eigenvalue weighted by Gasteiger charge is 2.03. The molecule has 0 aliphatic carbocycles. The first kappa shape index (κ1) is 11.4. The maximum absolute atomic E-state index is 11.0. The van der Waals surface area contributed by atoms with Crippen LogP contribution < -0.4 is 5.32 Å². The summed E-state index contributed by atoms with van der Waals surface area (Å²) in [6.45, 7) is 6.18. The molecule has 0 aliphatic heterocycles. The fraction of sp³-hybridized carbons (Fsp3) is 0.889. The minimum atomic E-state index is -0.451. The summed E-state index contributed by atoms with van der Waals surface area (Å²) >= 11 is 0. The molecule has 0 aromatic carbocycles. The monoisotopic (exact) mass is 173 g/mol. The Morgan fingerprint density at radius 2 is 2.00 bits per heavy atom. The van der Waals surface area contributed by atoms with E-state index in [-0.39, 0.29) is 5.91 Å². The molecule has 0 fully saturated rings. The molecule has 0 aromatic heterocycles. The normalized spacial score (nSPS) is 13.1. The summed E-state index contributed by atoms with van der Waals surface area (Å²) in [5.74, 6) is 0.590. The summed E-state index contributed by atoms with van der Waals surface area (Å²) in [5.41, 5.74) is 0. The Morgan fingerprint density at radius 1 is 1.42 bits per heavy atom. The molecule has 0 saturated carbocycles. The van der Waals surface area contributed by atoms with E-state index < -0.39 is 6.10 Å². The summed E-state index contributed by atoms with van der Waals surface area (Å²) in [6, 6.07) is 0. The lowest BCUT2D eigenvalue weighted by molar-refractivity contribution is -0.121. The van der Waals surface area contributed by atoms with Crippen molar-refractivity contribution in [1.29, 1.82) is 0 Å². The molecule has 0 rings (SSSR count). The third kappa shape index (κ3) is 7.54. The number of amides is 1. The molecule has 0 aliphatic rings. The van der Waals surface area contributed by atoms with Gasteiger partial charge >= 0.3 is 0 Å². The maximum Gasteiger partial charge on any atom is 0.220 e. The quantitative estimate of drug-likeness (QED) is 0.649. The van der Waals surface area contributed by atoms with Gasteiger partial charge in [-0.05, 0) is 19.3 Å². The van der Waals surface area contributed by atoms with Gasteiger partial charge < -0.3 is 10.4 Å². The predicted molar refractivity (Wildman–Crippen MR) is 48.8 cm³/mol. The molecule has 3 heteroatoms. The van der Waals surface area contributed by atoms with E-state index >= 15 is 0 Å². The number of rotatable bonds is 5. The van der Waals surface area contributed by atoms with Crippen molar-refractivity contribution in [3.63, 3.8) is 0 Å². The molecule has 0 bridgehead atoms. The SMILES string of the molecule is CC(C)CCC(=O)NCC(C)O.